The predicted molar refractivity (Wildman–Crippen MR) is 52.1 cm³/mol. The monoisotopic (exact) mass is 214 g/mol. The second kappa shape index (κ2) is 3.96. The van der Waals surface area contributed by atoms with Gasteiger partial charge >= 0.3 is 5.97 Å². The van der Waals surface area contributed by atoms with Crippen LogP contribution in [-0.4, -0.2) is 11.1 Å². The molecule has 1 atom stereocenters. The summed E-state index contributed by atoms with van der Waals surface area (Å²) < 4.78 is 26.3. The van der Waals surface area contributed by atoms with Crippen LogP contribution in [0.15, 0.2) is 24.3 Å². The summed E-state index contributed by atoms with van der Waals surface area (Å²) in [6.45, 7) is 2.16. The second-order valence-corrected chi connectivity index (χ2v) is 3.54. The van der Waals surface area contributed by atoms with Crippen LogP contribution in [0.2, 0.25) is 0 Å². The van der Waals surface area contributed by atoms with Crippen LogP contribution in [0.3, 0.4) is 0 Å². The first kappa shape index (κ1) is 11.6. The van der Waals surface area contributed by atoms with Gasteiger partial charge in [0.25, 0.3) is 5.92 Å². The van der Waals surface area contributed by atoms with Crippen molar-refractivity contribution in [3.8, 4) is 0 Å². The number of carboxylic acid groups (broad SMARTS) is 1. The molecule has 1 N–H and O–H groups in total. The summed E-state index contributed by atoms with van der Waals surface area (Å²) in [5.74, 6) is -5.04. The van der Waals surface area contributed by atoms with Crippen LogP contribution in [0.25, 0.3) is 0 Å². The molecule has 0 heterocycles. The summed E-state index contributed by atoms with van der Waals surface area (Å²) in [7, 11) is 0. The van der Waals surface area contributed by atoms with Crippen molar-refractivity contribution in [2.45, 2.75) is 25.7 Å². The van der Waals surface area contributed by atoms with Crippen LogP contribution in [-0.2, 0) is 10.7 Å². The molecule has 1 unspecified atom stereocenters. The number of rotatable bonds is 3. The van der Waals surface area contributed by atoms with E-state index >= 15 is 0 Å². The Hall–Kier alpha value is -1.45. The maximum absolute atomic E-state index is 13.1. The lowest BCUT2D eigenvalue weighted by Crippen LogP contribution is -2.16. The molecule has 1 aromatic rings. The van der Waals surface area contributed by atoms with E-state index in [-0.39, 0.29) is 11.1 Å². The molecule has 0 aliphatic heterocycles. The smallest absolute Gasteiger partial charge is 0.310 e. The van der Waals surface area contributed by atoms with Gasteiger partial charge in [0.15, 0.2) is 0 Å². The van der Waals surface area contributed by atoms with Gasteiger partial charge in [-0.05, 0) is 12.5 Å². The van der Waals surface area contributed by atoms with E-state index in [9.17, 15) is 13.6 Å². The molecule has 0 aliphatic carbocycles. The van der Waals surface area contributed by atoms with E-state index in [4.69, 9.17) is 5.11 Å². The van der Waals surface area contributed by atoms with Crippen molar-refractivity contribution in [1.29, 1.82) is 0 Å². The summed E-state index contributed by atoms with van der Waals surface area (Å²) in [6, 6.07) is 5.72. The predicted octanol–water partition coefficient (Wildman–Crippen LogP) is 2.99. The zero-order valence-electron chi connectivity index (χ0n) is 8.50. The first-order valence-electron chi connectivity index (χ1n) is 4.54. The fourth-order valence-electron chi connectivity index (χ4n) is 1.41. The standard InChI is InChI=1S/C11H12F2O2/c1-7(10(14)15)8-5-3-4-6-9(8)11(2,12)13/h3-7H,1-2H3,(H,14,15). The Kier molecular flexibility index (Phi) is 3.07. The van der Waals surface area contributed by atoms with E-state index in [1.54, 1.807) is 6.07 Å². The van der Waals surface area contributed by atoms with Gasteiger partial charge in [-0.2, -0.15) is 0 Å². The molecule has 1 aromatic carbocycles. The van der Waals surface area contributed by atoms with Gasteiger partial charge in [0.2, 0.25) is 0 Å². The Morgan fingerprint density at radius 2 is 1.93 bits per heavy atom. The minimum Gasteiger partial charge on any atom is -0.481 e. The summed E-state index contributed by atoms with van der Waals surface area (Å²) in [6.07, 6.45) is 0. The SMILES string of the molecule is CC(C(=O)O)c1ccccc1C(C)(F)F. The van der Waals surface area contributed by atoms with Crippen LogP contribution in [0.5, 0.6) is 0 Å². The highest BCUT2D eigenvalue weighted by molar-refractivity contribution is 5.76. The normalized spacial score (nSPS) is 13.6. The van der Waals surface area contributed by atoms with E-state index in [0.717, 1.165) is 6.92 Å². The van der Waals surface area contributed by atoms with Gasteiger partial charge < -0.3 is 5.11 Å². The lowest BCUT2D eigenvalue weighted by atomic mass is 9.93. The lowest BCUT2D eigenvalue weighted by Gasteiger charge is -2.17. The molecular formula is C11H12F2O2. The van der Waals surface area contributed by atoms with Gasteiger partial charge in [0.05, 0.1) is 5.92 Å². The molecule has 0 radical (unpaired) electrons. The molecule has 82 valence electrons. The van der Waals surface area contributed by atoms with Gasteiger partial charge in [-0.25, -0.2) is 8.78 Å². The number of hydrogen-bond donors (Lipinski definition) is 1. The van der Waals surface area contributed by atoms with Crippen LogP contribution >= 0.6 is 0 Å². The highest BCUT2D eigenvalue weighted by Gasteiger charge is 2.30. The fourth-order valence-corrected chi connectivity index (χ4v) is 1.41. The average Bonchev–Trinajstić information content (AvgIpc) is 2.15. The minimum absolute atomic E-state index is 0.164. The quantitative estimate of drug-likeness (QED) is 0.839. The van der Waals surface area contributed by atoms with Crippen molar-refractivity contribution in [3.05, 3.63) is 35.4 Å². The van der Waals surface area contributed by atoms with Crippen LogP contribution in [0.4, 0.5) is 8.78 Å². The number of carboxylic acids is 1. The van der Waals surface area contributed by atoms with E-state index in [0.29, 0.717) is 0 Å². The van der Waals surface area contributed by atoms with E-state index in [1.807, 2.05) is 0 Å². The van der Waals surface area contributed by atoms with Crippen molar-refractivity contribution >= 4 is 5.97 Å². The summed E-state index contributed by atoms with van der Waals surface area (Å²) >= 11 is 0. The maximum atomic E-state index is 13.1. The largest absolute Gasteiger partial charge is 0.481 e. The van der Waals surface area contributed by atoms with Crippen molar-refractivity contribution in [1.82, 2.24) is 0 Å². The summed E-state index contributed by atoms with van der Waals surface area (Å²) in [5.41, 5.74) is -0.0580. The maximum Gasteiger partial charge on any atom is 0.310 e. The Morgan fingerprint density at radius 1 is 1.40 bits per heavy atom. The van der Waals surface area contributed by atoms with E-state index < -0.39 is 17.8 Å². The number of benzene rings is 1. The van der Waals surface area contributed by atoms with Crippen molar-refractivity contribution < 1.29 is 18.7 Å². The summed E-state index contributed by atoms with van der Waals surface area (Å²) in [5, 5.41) is 8.78. The number of carbonyl (C=O) groups is 1. The Balaban J connectivity index is 3.24. The van der Waals surface area contributed by atoms with Gasteiger partial charge in [0.1, 0.15) is 0 Å². The van der Waals surface area contributed by atoms with E-state index in [1.165, 1.54) is 25.1 Å². The molecule has 0 fully saturated rings. The third-order valence-electron chi connectivity index (χ3n) is 2.27. The Morgan fingerprint density at radius 3 is 2.40 bits per heavy atom. The van der Waals surface area contributed by atoms with Crippen LogP contribution in [0, 0.1) is 0 Å². The summed E-state index contributed by atoms with van der Waals surface area (Å²) in [4.78, 5) is 10.7. The van der Waals surface area contributed by atoms with Crippen molar-refractivity contribution in [3.63, 3.8) is 0 Å². The average molecular weight is 214 g/mol. The molecule has 2 nitrogen and oxygen atoms in total. The number of aliphatic carboxylic acids is 1. The van der Waals surface area contributed by atoms with Gasteiger partial charge in [-0.1, -0.05) is 24.3 Å². The zero-order valence-corrected chi connectivity index (χ0v) is 8.50. The first-order chi connectivity index (χ1) is 6.84. The number of hydrogen-bond acceptors (Lipinski definition) is 1. The molecule has 0 saturated carbocycles. The molecule has 4 heteroatoms. The molecule has 15 heavy (non-hydrogen) atoms. The molecular weight excluding hydrogens is 202 g/mol. The Labute approximate surface area is 86.5 Å². The lowest BCUT2D eigenvalue weighted by molar-refractivity contribution is -0.138. The zero-order chi connectivity index (χ0) is 11.6. The number of alkyl halides is 2. The third kappa shape index (κ3) is 2.52. The minimum atomic E-state index is -3.01. The van der Waals surface area contributed by atoms with Crippen molar-refractivity contribution in [2.75, 3.05) is 0 Å². The third-order valence-corrected chi connectivity index (χ3v) is 2.27. The molecule has 0 spiro atoms. The first-order valence-corrected chi connectivity index (χ1v) is 4.54. The Bertz CT molecular complexity index is 369. The van der Waals surface area contributed by atoms with Gasteiger partial charge in [0, 0.05) is 12.5 Å². The molecule has 0 aliphatic rings. The highest BCUT2D eigenvalue weighted by atomic mass is 19.3. The topological polar surface area (TPSA) is 37.3 Å². The van der Waals surface area contributed by atoms with Gasteiger partial charge in [-0.15, -0.1) is 0 Å². The molecule has 0 bridgehead atoms. The second-order valence-electron chi connectivity index (χ2n) is 3.54. The van der Waals surface area contributed by atoms with Gasteiger partial charge in [-0.3, -0.25) is 4.79 Å². The molecule has 0 amide bonds. The van der Waals surface area contributed by atoms with Crippen LogP contribution < -0.4 is 0 Å². The van der Waals surface area contributed by atoms with Crippen molar-refractivity contribution in [2.24, 2.45) is 0 Å². The highest BCUT2D eigenvalue weighted by Crippen LogP contribution is 2.33. The van der Waals surface area contributed by atoms with Crippen LogP contribution in [0.1, 0.15) is 30.9 Å². The molecule has 0 aromatic heterocycles. The fraction of sp³-hybridized carbons (Fsp3) is 0.364. The molecule has 0 saturated heterocycles. The number of halogens is 2. The van der Waals surface area contributed by atoms with E-state index in [2.05, 4.69) is 0 Å². The molecule has 1 rings (SSSR count).